The summed E-state index contributed by atoms with van der Waals surface area (Å²) in [5.74, 6) is -0.803. The van der Waals surface area contributed by atoms with Crippen molar-refractivity contribution in [1.29, 1.82) is 0 Å². The van der Waals surface area contributed by atoms with Gasteiger partial charge in [-0.05, 0) is 43.2 Å². The lowest BCUT2D eigenvalue weighted by Gasteiger charge is -2.08. The van der Waals surface area contributed by atoms with Crippen LogP contribution in [0.3, 0.4) is 0 Å². The Hall–Kier alpha value is -3.95. The topological polar surface area (TPSA) is 124 Å². The molecule has 3 rings (SSSR count). The number of nitrogens with zero attached hydrogens (tertiary/aromatic N) is 3. The summed E-state index contributed by atoms with van der Waals surface area (Å²) in [5, 5.41) is 10.3. The number of carbonyl (C=O) groups is 3. The lowest BCUT2D eigenvalue weighted by Crippen LogP contribution is -2.31. The van der Waals surface area contributed by atoms with E-state index >= 15 is 0 Å². The van der Waals surface area contributed by atoms with Gasteiger partial charge in [-0.25, -0.2) is 9.67 Å². The maximum absolute atomic E-state index is 12.3. The van der Waals surface area contributed by atoms with Gasteiger partial charge >= 0.3 is 5.97 Å². The summed E-state index contributed by atoms with van der Waals surface area (Å²) in [6.07, 6.45) is 0.105. The Bertz CT molecular complexity index is 1150. The number of anilines is 1. The summed E-state index contributed by atoms with van der Waals surface area (Å²) in [7, 11) is 3.03. The van der Waals surface area contributed by atoms with Crippen LogP contribution in [0.1, 0.15) is 16.8 Å². The number of carbonyl (C=O) groups excluding carboxylic acids is 3. The zero-order valence-electron chi connectivity index (χ0n) is 18.4. The van der Waals surface area contributed by atoms with Crippen molar-refractivity contribution < 1.29 is 23.9 Å². The van der Waals surface area contributed by atoms with Crippen LogP contribution < -0.4 is 15.4 Å². The van der Waals surface area contributed by atoms with Gasteiger partial charge in [-0.15, -0.1) is 5.10 Å². The fraction of sp³-hybridized carbons (Fsp3) is 0.318. The normalized spacial score (nSPS) is 10.6. The molecule has 2 aromatic heterocycles. The zero-order chi connectivity index (χ0) is 23.3. The van der Waals surface area contributed by atoms with Gasteiger partial charge in [0.05, 0.1) is 18.9 Å². The molecule has 0 spiro atoms. The second kappa shape index (κ2) is 9.90. The van der Waals surface area contributed by atoms with Crippen LogP contribution in [0.15, 0.2) is 30.3 Å². The Morgan fingerprint density at radius 3 is 2.50 bits per heavy atom. The molecule has 2 N–H and O–H groups in total. The van der Waals surface area contributed by atoms with Crippen molar-refractivity contribution in [3.8, 4) is 5.88 Å². The van der Waals surface area contributed by atoms with Crippen molar-refractivity contribution >= 4 is 34.5 Å². The first-order chi connectivity index (χ1) is 15.3. The van der Waals surface area contributed by atoms with Gasteiger partial charge in [0.25, 0.3) is 5.91 Å². The average Bonchev–Trinajstić information content (AvgIpc) is 3.07. The first kappa shape index (κ1) is 22.7. The predicted octanol–water partition coefficient (Wildman–Crippen LogP) is 1.43. The first-order valence-corrected chi connectivity index (χ1v) is 9.93. The van der Waals surface area contributed by atoms with Crippen molar-refractivity contribution in [2.24, 2.45) is 7.05 Å². The molecule has 0 aliphatic rings. The summed E-state index contributed by atoms with van der Waals surface area (Å²) >= 11 is 0. The Morgan fingerprint density at radius 1 is 1.09 bits per heavy atom. The number of rotatable bonds is 8. The van der Waals surface area contributed by atoms with E-state index in [9.17, 15) is 14.4 Å². The lowest BCUT2D eigenvalue weighted by molar-refractivity contribution is -0.141. The lowest BCUT2D eigenvalue weighted by atomic mass is 10.1. The molecule has 2 amide bonds. The van der Waals surface area contributed by atoms with E-state index in [0.717, 1.165) is 22.2 Å². The molecule has 1 aromatic carbocycles. The SMILES string of the molecule is COC(=O)CNC(=O)Cc1ccc(NC(=O)COc2nn(C)c3nc(C)cc(C)c23)cc1. The molecule has 0 unspecified atom stereocenters. The third-order valence-corrected chi connectivity index (χ3v) is 4.69. The first-order valence-electron chi connectivity index (χ1n) is 9.93. The van der Waals surface area contributed by atoms with Crippen molar-refractivity contribution in [3.63, 3.8) is 0 Å². The number of methoxy groups -OCH3 is 1. The van der Waals surface area contributed by atoms with Gasteiger partial charge in [-0.2, -0.15) is 0 Å². The Labute approximate surface area is 184 Å². The smallest absolute Gasteiger partial charge is 0.325 e. The van der Waals surface area contributed by atoms with Gasteiger partial charge in [-0.3, -0.25) is 14.4 Å². The maximum atomic E-state index is 12.3. The number of amides is 2. The summed E-state index contributed by atoms with van der Waals surface area (Å²) < 4.78 is 11.8. The fourth-order valence-corrected chi connectivity index (χ4v) is 3.18. The van der Waals surface area contributed by atoms with Crippen LogP contribution >= 0.6 is 0 Å². The van der Waals surface area contributed by atoms with Crippen LogP contribution in [-0.4, -0.2) is 52.8 Å². The van der Waals surface area contributed by atoms with Gasteiger partial charge in [0, 0.05) is 18.4 Å². The number of hydrogen-bond acceptors (Lipinski definition) is 7. The fourth-order valence-electron chi connectivity index (χ4n) is 3.18. The van der Waals surface area contributed by atoms with Gasteiger partial charge in [0.2, 0.25) is 11.8 Å². The molecular formula is C22H25N5O5. The molecule has 0 atom stereocenters. The number of nitrogens with one attached hydrogen (secondary N) is 2. The molecule has 0 aliphatic heterocycles. The van der Waals surface area contributed by atoms with E-state index in [0.29, 0.717) is 17.2 Å². The van der Waals surface area contributed by atoms with Crippen LogP contribution in [0.5, 0.6) is 5.88 Å². The molecule has 2 heterocycles. The number of fused-ring (bicyclic) bond motifs is 1. The van der Waals surface area contributed by atoms with Gasteiger partial charge in [-0.1, -0.05) is 12.1 Å². The van der Waals surface area contributed by atoms with Crippen molar-refractivity contribution in [2.45, 2.75) is 20.3 Å². The number of benzene rings is 1. The summed E-state index contributed by atoms with van der Waals surface area (Å²) in [6, 6.07) is 8.76. The van der Waals surface area contributed by atoms with Crippen molar-refractivity contribution in [3.05, 3.63) is 47.2 Å². The Balaban J connectivity index is 1.54. The predicted molar refractivity (Wildman–Crippen MR) is 117 cm³/mol. The minimum Gasteiger partial charge on any atom is -0.468 e. The minimum absolute atomic E-state index is 0.105. The van der Waals surface area contributed by atoms with E-state index in [1.54, 1.807) is 36.0 Å². The van der Waals surface area contributed by atoms with Crippen molar-refractivity contribution in [2.75, 3.05) is 25.6 Å². The quantitative estimate of drug-likeness (QED) is 0.509. The second-order valence-corrected chi connectivity index (χ2v) is 7.27. The number of pyridine rings is 1. The maximum Gasteiger partial charge on any atom is 0.325 e. The van der Waals surface area contributed by atoms with Gasteiger partial charge < -0.3 is 20.1 Å². The molecule has 0 saturated carbocycles. The van der Waals surface area contributed by atoms with Gasteiger partial charge in [0.1, 0.15) is 6.54 Å². The monoisotopic (exact) mass is 439 g/mol. The van der Waals surface area contributed by atoms with E-state index in [1.165, 1.54) is 7.11 Å². The van der Waals surface area contributed by atoms with Crippen LogP contribution in [-0.2, 0) is 32.6 Å². The third-order valence-electron chi connectivity index (χ3n) is 4.69. The summed E-state index contributed by atoms with van der Waals surface area (Å²) in [6.45, 7) is 3.47. The molecular weight excluding hydrogens is 414 g/mol. The largest absolute Gasteiger partial charge is 0.468 e. The van der Waals surface area contributed by atoms with Crippen LogP contribution in [0.25, 0.3) is 11.0 Å². The standard InChI is InChI=1S/C22H25N5O5/c1-13-9-14(2)24-21-20(13)22(26-27(21)3)32-12-18(29)25-16-7-5-15(6-8-16)10-17(28)23-11-19(30)31-4/h5-9H,10-12H2,1-4H3,(H,23,28)(H,25,29). The molecule has 0 radical (unpaired) electrons. The summed E-state index contributed by atoms with van der Waals surface area (Å²) in [4.78, 5) is 39.7. The van der Waals surface area contributed by atoms with Crippen LogP contribution in [0, 0.1) is 13.8 Å². The minimum atomic E-state index is -0.515. The van der Waals surface area contributed by atoms with Gasteiger partial charge in [0.15, 0.2) is 12.3 Å². The molecule has 0 aliphatic carbocycles. The number of hydrogen-bond donors (Lipinski definition) is 2. The molecule has 3 aromatic rings. The van der Waals surface area contributed by atoms with E-state index < -0.39 is 5.97 Å². The van der Waals surface area contributed by atoms with Crippen molar-refractivity contribution in [1.82, 2.24) is 20.1 Å². The molecule has 10 heteroatoms. The number of aromatic nitrogens is 3. The number of esters is 1. The summed E-state index contributed by atoms with van der Waals surface area (Å²) in [5.41, 5.74) is 3.86. The van der Waals surface area contributed by atoms with E-state index in [-0.39, 0.29) is 31.4 Å². The Kier molecular flexibility index (Phi) is 7.04. The number of ether oxygens (including phenoxy) is 2. The molecule has 10 nitrogen and oxygen atoms in total. The highest BCUT2D eigenvalue weighted by Gasteiger charge is 2.16. The number of aryl methyl sites for hydroxylation is 3. The Morgan fingerprint density at radius 2 is 1.81 bits per heavy atom. The highest BCUT2D eigenvalue weighted by molar-refractivity contribution is 5.92. The highest BCUT2D eigenvalue weighted by atomic mass is 16.5. The molecule has 0 fully saturated rings. The van der Waals surface area contributed by atoms with Crippen LogP contribution in [0.4, 0.5) is 5.69 Å². The molecule has 0 bridgehead atoms. The highest BCUT2D eigenvalue weighted by Crippen LogP contribution is 2.27. The third kappa shape index (κ3) is 5.60. The molecule has 0 saturated heterocycles. The molecule has 32 heavy (non-hydrogen) atoms. The van der Waals surface area contributed by atoms with E-state index in [1.807, 2.05) is 19.9 Å². The molecule has 168 valence electrons. The average molecular weight is 439 g/mol. The van der Waals surface area contributed by atoms with E-state index in [2.05, 4.69) is 25.5 Å². The van der Waals surface area contributed by atoms with E-state index in [4.69, 9.17) is 4.74 Å². The second-order valence-electron chi connectivity index (χ2n) is 7.27. The zero-order valence-corrected chi connectivity index (χ0v) is 18.4. The van der Waals surface area contributed by atoms with Crippen LogP contribution in [0.2, 0.25) is 0 Å².